The van der Waals surface area contributed by atoms with Crippen molar-refractivity contribution in [2.45, 2.75) is 6.92 Å². The van der Waals surface area contributed by atoms with E-state index in [0.717, 1.165) is 5.75 Å². The fourth-order valence-electron chi connectivity index (χ4n) is 1.22. The van der Waals surface area contributed by atoms with Gasteiger partial charge in [-0.1, -0.05) is 17.7 Å². The highest BCUT2D eigenvalue weighted by molar-refractivity contribution is 5.85. The average molecular weight is 259 g/mol. The van der Waals surface area contributed by atoms with Crippen LogP contribution in [0.1, 0.15) is 5.56 Å². The molecule has 0 aliphatic heterocycles. The molecule has 0 radical (unpaired) electrons. The number of benzene rings is 1. The summed E-state index contributed by atoms with van der Waals surface area (Å²) in [6.45, 7) is 3.37. The van der Waals surface area contributed by atoms with Crippen LogP contribution < -0.4 is 15.4 Å². The van der Waals surface area contributed by atoms with Crippen LogP contribution in [-0.2, 0) is 4.79 Å². The maximum Gasteiger partial charge on any atom is 0.234 e. The molecule has 0 atom stereocenters. The number of halogens is 1. The van der Waals surface area contributed by atoms with Gasteiger partial charge in [0.1, 0.15) is 12.4 Å². The molecule has 1 aromatic rings. The van der Waals surface area contributed by atoms with Gasteiger partial charge in [-0.3, -0.25) is 4.79 Å². The van der Waals surface area contributed by atoms with E-state index in [4.69, 9.17) is 4.74 Å². The van der Waals surface area contributed by atoms with Gasteiger partial charge in [0.25, 0.3) is 0 Å². The monoisotopic (exact) mass is 258 g/mol. The second-order valence-corrected chi connectivity index (χ2v) is 3.54. The summed E-state index contributed by atoms with van der Waals surface area (Å²) in [5, 5.41) is 5.52. The maximum atomic E-state index is 11.1. The van der Waals surface area contributed by atoms with Crippen LogP contribution in [0.2, 0.25) is 0 Å². The Balaban J connectivity index is 0.00000256. The summed E-state index contributed by atoms with van der Waals surface area (Å²) < 4.78 is 5.45. The van der Waals surface area contributed by atoms with Crippen LogP contribution in [0.25, 0.3) is 0 Å². The Morgan fingerprint density at radius 3 is 2.53 bits per heavy atom. The van der Waals surface area contributed by atoms with Gasteiger partial charge in [-0.05, 0) is 26.1 Å². The lowest BCUT2D eigenvalue weighted by atomic mass is 10.2. The quantitative estimate of drug-likeness (QED) is 0.753. The number of amides is 1. The molecule has 0 heterocycles. The van der Waals surface area contributed by atoms with Gasteiger partial charge in [-0.2, -0.15) is 0 Å². The first-order chi connectivity index (χ1) is 7.72. The van der Waals surface area contributed by atoms with Crippen molar-refractivity contribution in [1.82, 2.24) is 10.6 Å². The summed E-state index contributed by atoms with van der Waals surface area (Å²) in [4.78, 5) is 11.1. The molecular weight excluding hydrogens is 240 g/mol. The molecule has 0 saturated carbocycles. The first kappa shape index (κ1) is 15.7. The molecule has 4 nitrogen and oxygen atoms in total. The van der Waals surface area contributed by atoms with Crippen molar-refractivity contribution in [1.29, 1.82) is 0 Å². The molecule has 17 heavy (non-hydrogen) atoms. The van der Waals surface area contributed by atoms with Crippen LogP contribution in [0, 0.1) is 6.92 Å². The summed E-state index contributed by atoms with van der Waals surface area (Å²) in [7, 11) is 1.74. The Kier molecular flexibility index (Phi) is 8.19. The van der Waals surface area contributed by atoms with E-state index in [9.17, 15) is 4.79 Å². The third-order valence-electron chi connectivity index (χ3n) is 2.05. The number of nitrogens with one attached hydrogen (secondary N) is 2. The van der Waals surface area contributed by atoms with Crippen molar-refractivity contribution in [2.75, 3.05) is 26.7 Å². The van der Waals surface area contributed by atoms with Gasteiger partial charge in [0.05, 0.1) is 13.1 Å². The zero-order chi connectivity index (χ0) is 11.8. The molecule has 1 rings (SSSR count). The number of ether oxygens (including phenoxy) is 1. The Morgan fingerprint density at radius 1 is 1.29 bits per heavy atom. The summed E-state index contributed by atoms with van der Waals surface area (Å²) in [5.74, 6) is 0.809. The second kappa shape index (κ2) is 8.84. The van der Waals surface area contributed by atoms with E-state index >= 15 is 0 Å². The maximum absolute atomic E-state index is 11.1. The molecule has 0 fully saturated rings. The molecule has 1 aromatic carbocycles. The lowest BCUT2D eigenvalue weighted by Crippen LogP contribution is -2.34. The minimum atomic E-state index is -0.0185. The Hall–Kier alpha value is -1.26. The molecule has 1 amide bonds. The molecule has 2 N–H and O–H groups in total. The number of carbonyl (C=O) groups is 1. The van der Waals surface area contributed by atoms with E-state index in [0.29, 0.717) is 19.7 Å². The zero-order valence-electron chi connectivity index (χ0n) is 10.2. The highest BCUT2D eigenvalue weighted by atomic mass is 35.5. The van der Waals surface area contributed by atoms with Gasteiger partial charge in [0.2, 0.25) is 5.91 Å². The van der Waals surface area contributed by atoms with E-state index < -0.39 is 0 Å². The zero-order valence-corrected chi connectivity index (χ0v) is 11.0. The normalized spacial score (nSPS) is 9.29. The van der Waals surface area contributed by atoms with Crippen molar-refractivity contribution >= 4 is 18.3 Å². The first-order valence-corrected chi connectivity index (χ1v) is 5.33. The van der Waals surface area contributed by atoms with Crippen LogP contribution in [0.15, 0.2) is 24.3 Å². The first-order valence-electron chi connectivity index (χ1n) is 5.33. The summed E-state index contributed by atoms with van der Waals surface area (Å²) in [6.07, 6.45) is 0. The summed E-state index contributed by atoms with van der Waals surface area (Å²) in [6, 6.07) is 7.83. The van der Waals surface area contributed by atoms with Crippen LogP contribution in [-0.4, -0.2) is 32.7 Å². The molecule has 0 saturated heterocycles. The van der Waals surface area contributed by atoms with Gasteiger partial charge in [0.15, 0.2) is 0 Å². The van der Waals surface area contributed by atoms with E-state index in [1.54, 1.807) is 7.05 Å². The molecule has 0 aliphatic carbocycles. The molecule has 96 valence electrons. The number of likely N-dealkylation sites (N-methyl/N-ethyl adjacent to an activating group) is 1. The molecular formula is C12H19ClN2O2. The summed E-state index contributed by atoms with van der Waals surface area (Å²) >= 11 is 0. The number of rotatable bonds is 6. The van der Waals surface area contributed by atoms with Gasteiger partial charge < -0.3 is 15.4 Å². The van der Waals surface area contributed by atoms with Crippen molar-refractivity contribution in [3.63, 3.8) is 0 Å². The van der Waals surface area contributed by atoms with Crippen LogP contribution in [0.5, 0.6) is 5.75 Å². The van der Waals surface area contributed by atoms with Crippen molar-refractivity contribution < 1.29 is 9.53 Å². The smallest absolute Gasteiger partial charge is 0.234 e. The van der Waals surface area contributed by atoms with Crippen molar-refractivity contribution in [2.24, 2.45) is 0 Å². The van der Waals surface area contributed by atoms with Crippen molar-refractivity contribution in [3.8, 4) is 5.75 Å². The molecule has 0 aliphatic rings. The summed E-state index contributed by atoms with van der Waals surface area (Å²) in [5.41, 5.74) is 1.20. The van der Waals surface area contributed by atoms with Crippen LogP contribution in [0.3, 0.4) is 0 Å². The molecule has 0 spiro atoms. The Bertz CT molecular complexity index is 328. The molecule has 0 bridgehead atoms. The minimum absolute atomic E-state index is 0. The van der Waals surface area contributed by atoms with E-state index in [2.05, 4.69) is 10.6 Å². The second-order valence-electron chi connectivity index (χ2n) is 3.54. The number of carbonyl (C=O) groups excluding carboxylic acids is 1. The fraction of sp³-hybridized carbons (Fsp3) is 0.417. The SMILES string of the molecule is CNCC(=O)NCCOc1ccc(C)cc1.Cl. The highest BCUT2D eigenvalue weighted by Crippen LogP contribution is 2.10. The van der Waals surface area contributed by atoms with Gasteiger partial charge >= 0.3 is 0 Å². The van der Waals surface area contributed by atoms with Gasteiger partial charge in [-0.25, -0.2) is 0 Å². The van der Waals surface area contributed by atoms with E-state index in [-0.39, 0.29) is 18.3 Å². The number of aryl methyl sites for hydroxylation is 1. The fourth-order valence-corrected chi connectivity index (χ4v) is 1.22. The molecule has 0 unspecified atom stereocenters. The highest BCUT2D eigenvalue weighted by Gasteiger charge is 1.97. The molecule has 0 aromatic heterocycles. The standard InChI is InChI=1S/C12H18N2O2.ClH/c1-10-3-5-11(6-4-10)16-8-7-14-12(15)9-13-2;/h3-6,13H,7-9H2,1-2H3,(H,14,15);1H. The number of hydrogen-bond donors (Lipinski definition) is 2. The lowest BCUT2D eigenvalue weighted by molar-refractivity contribution is -0.120. The third kappa shape index (κ3) is 6.81. The Morgan fingerprint density at radius 2 is 1.94 bits per heavy atom. The van der Waals surface area contributed by atoms with E-state index in [1.165, 1.54) is 5.56 Å². The molecule has 5 heteroatoms. The third-order valence-corrected chi connectivity index (χ3v) is 2.05. The number of hydrogen-bond acceptors (Lipinski definition) is 3. The topological polar surface area (TPSA) is 50.4 Å². The Labute approximate surface area is 108 Å². The predicted octanol–water partition coefficient (Wildman–Crippen LogP) is 1.13. The predicted molar refractivity (Wildman–Crippen MR) is 70.9 cm³/mol. The minimum Gasteiger partial charge on any atom is -0.492 e. The lowest BCUT2D eigenvalue weighted by Gasteiger charge is -2.07. The van der Waals surface area contributed by atoms with Gasteiger partial charge in [-0.15, -0.1) is 12.4 Å². The average Bonchev–Trinajstić information content (AvgIpc) is 2.27. The van der Waals surface area contributed by atoms with Crippen LogP contribution in [0.4, 0.5) is 0 Å². The van der Waals surface area contributed by atoms with E-state index in [1.807, 2.05) is 31.2 Å². The van der Waals surface area contributed by atoms with Crippen LogP contribution >= 0.6 is 12.4 Å². The van der Waals surface area contributed by atoms with Crippen molar-refractivity contribution in [3.05, 3.63) is 29.8 Å². The largest absolute Gasteiger partial charge is 0.492 e. The van der Waals surface area contributed by atoms with Gasteiger partial charge in [0, 0.05) is 0 Å².